The van der Waals surface area contributed by atoms with Crippen LogP contribution in [-0.2, 0) is 0 Å². The molecule has 2 atom stereocenters. The van der Waals surface area contributed by atoms with Crippen LogP contribution in [0.1, 0.15) is 35.5 Å². The van der Waals surface area contributed by atoms with Crippen LogP contribution in [0.2, 0.25) is 0 Å². The van der Waals surface area contributed by atoms with E-state index in [2.05, 4.69) is 38.1 Å². The zero-order chi connectivity index (χ0) is 13.8. The van der Waals surface area contributed by atoms with Crippen LogP contribution in [-0.4, -0.2) is 6.04 Å². The van der Waals surface area contributed by atoms with Crippen molar-refractivity contribution in [1.29, 1.82) is 0 Å². The standard InChI is InChI=1S/C16H21NOS/c1-4-14(17)16(13-7-5-11(2)6-8-13)19-15-9-10-18-12(15)3/h5-10,14,16H,4,17H2,1-3H3. The maximum Gasteiger partial charge on any atom is 0.114 e. The molecule has 0 spiro atoms. The van der Waals surface area contributed by atoms with Gasteiger partial charge >= 0.3 is 0 Å². The van der Waals surface area contributed by atoms with Crippen molar-refractivity contribution in [1.82, 2.24) is 0 Å². The fourth-order valence-electron chi connectivity index (χ4n) is 2.01. The summed E-state index contributed by atoms with van der Waals surface area (Å²) in [6.45, 7) is 6.23. The molecule has 0 aliphatic rings. The smallest absolute Gasteiger partial charge is 0.114 e. The van der Waals surface area contributed by atoms with E-state index in [1.54, 1.807) is 18.0 Å². The Morgan fingerprint density at radius 2 is 1.84 bits per heavy atom. The van der Waals surface area contributed by atoms with Crippen molar-refractivity contribution < 1.29 is 4.42 Å². The average Bonchev–Trinajstić information content (AvgIpc) is 2.82. The molecule has 0 aliphatic carbocycles. The number of nitrogens with two attached hydrogens (primary N) is 1. The Kier molecular flexibility index (Phi) is 4.72. The number of furan rings is 1. The predicted octanol–water partition coefficient (Wildman–Crippen LogP) is 4.47. The molecule has 2 unspecified atom stereocenters. The molecule has 1 heterocycles. The normalized spacial score (nSPS) is 14.3. The molecule has 1 aromatic carbocycles. The molecule has 0 radical (unpaired) electrons. The van der Waals surface area contributed by atoms with Gasteiger partial charge in [0.25, 0.3) is 0 Å². The SMILES string of the molecule is CCC(N)C(Sc1ccoc1C)c1ccc(C)cc1. The first-order chi connectivity index (χ1) is 9.11. The fourth-order valence-corrected chi connectivity index (χ4v) is 3.29. The number of aryl methyl sites for hydroxylation is 2. The molecule has 3 heteroatoms. The third-order valence-corrected chi connectivity index (χ3v) is 4.88. The summed E-state index contributed by atoms with van der Waals surface area (Å²) in [7, 11) is 0. The Bertz CT molecular complexity index is 518. The molecule has 1 aromatic heterocycles. The quantitative estimate of drug-likeness (QED) is 0.818. The third-order valence-electron chi connectivity index (χ3n) is 3.33. The van der Waals surface area contributed by atoms with Crippen molar-refractivity contribution in [3.63, 3.8) is 0 Å². The summed E-state index contributed by atoms with van der Waals surface area (Å²) in [6.07, 6.45) is 2.70. The van der Waals surface area contributed by atoms with Crippen molar-refractivity contribution in [3.8, 4) is 0 Å². The maximum atomic E-state index is 6.30. The topological polar surface area (TPSA) is 39.2 Å². The summed E-state index contributed by atoms with van der Waals surface area (Å²) < 4.78 is 5.37. The van der Waals surface area contributed by atoms with Gasteiger partial charge in [0.15, 0.2) is 0 Å². The lowest BCUT2D eigenvalue weighted by Gasteiger charge is -2.22. The van der Waals surface area contributed by atoms with Gasteiger partial charge in [-0.1, -0.05) is 36.8 Å². The third kappa shape index (κ3) is 3.43. The van der Waals surface area contributed by atoms with E-state index in [1.807, 2.05) is 13.0 Å². The van der Waals surface area contributed by atoms with Crippen LogP contribution in [0.5, 0.6) is 0 Å². The summed E-state index contributed by atoms with van der Waals surface area (Å²) in [5, 5.41) is 0.266. The van der Waals surface area contributed by atoms with Crippen LogP contribution in [0, 0.1) is 13.8 Å². The van der Waals surface area contributed by atoms with Gasteiger partial charge < -0.3 is 10.2 Å². The largest absolute Gasteiger partial charge is 0.468 e. The molecule has 102 valence electrons. The molecule has 2 rings (SSSR count). The fraction of sp³-hybridized carbons (Fsp3) is 0.375. The highest BCUT2D eigenvalue weighted by atomic mass is 32.2. The van der Waals surface area contributed by atoms with Gasteiger partial charge in [-0.25, -0.2) is 0 Å². The van der Waals surface area contributed by atoms with Crippen molar-refractivity contribution in [3.05, 3.63) is 53.5 Å². The summed E-state index contributed by atoms with van der Waals surface area (Å²) in [5.74, 6) is 0.963. The van der Waals surface area contributed by atoms with E-state index in [1.165, 1.54) is 16.0 Å². The van der Waals surface area contributed by atoms with Crippen molar-refractivity contribution in [2.45, 2.75) is 43.4 Å². The first-order valence-electron chi connectivity index (χ1n) is 6.64. The molecule has 0 fully saturated rings. The minimum atomic E-state index is 0.141. The number of hydrogen-bond donors (Lipinski definition) is 1. The molecule has 0 aliphatic heterocycles. The minimum absolute atomic E-state index is 0.141. The molecule has 2 nitrogen and oxygen atoms in total. The van der Waals surface area contributed by atoms with Gasteiger partial charge in [-0.15, -0.1) is 11.8 Å². The highest BCUT2D eigenvalue weighted by molar-refractivity contribution is 7.99. The second-order valence-corrected chi connectivity index (χ2v) is 6.05. The summed E-state index contributed by atoms with van der Waals surface area (Å²) in [4.78, 5) is 1.18. The monoisotopic (exact) mass is 275 g/mol. The van der Waals surface area contributed by atoms with Crippen LogP contribution in [0.15, 0.2) is 45.9 Å². The van der Waals surface area contributed by atoms with Crippen LogP contribution < -0.4 is 5.73 Å². The molecule has 0 amide bonds. The van der Waals surface area contributed by atoms with Gasteiger partial charge in [0, 0.05) is 16.2 Å². The molecule has 19 heavy (non-hydrogen) atoms. The van der Waals surface area contributed by atoms with Gasteiger partial charge in [0.1, 0.15) is 5.76 Å². The number of rotatable bonds is 5. The van der Waals surface area contributed by atoms with Gasteiger partial charge in [0.05, 0.1) is 6.26 Å². The predicted molar refractivity (Wildman–Crippen MR) is 81.5 cm³/mol. The Labute approximate surface area is 119 Å². The van der Waals surface area contributed by atoms with Crippen LogP contribution >= 0.6 is 11.8 Å². The van der Waals surface area contributed by atoms with E-state index in [0.717, 1.165) is 12.2 Å². The van der Waals surface area contributed by atoms with E-state index in [-0.39, 0.29) is 11.3 Å². The molecule has 0 saturated carbocycles. The summed E-state index contributed by atoms with van der Waals surface area (Å²) in [5.41, 5.74) is 8.86. The van der Waals surface area contributed by atoms with E-state index in [9.17, 15) is 0 Å². The molecule has 0 bridgehead atoms. The Balaban J connectivity index is 2.26. The highest BCUT2D eigenvalue weighted by Crippen LogP contribution is 2.39. The van der Waals surface area contributed by atoms with Crippen molar-refractivity contribution in [2.24, 2.45) is 5.73 Å². The van der Waals surface area contributed by atoms with E-state index in [0.29, 0.717) is 0 Å². The number of thioether (sulfide) groups is 1. The Morgan fingerprint density at radius 1 is 1.16 bits per heavy atom. The van der Waals surface area contributed by atoms with Crippen LogP contribution in [0.25, 0.3) is 0 Å². The molecular formula is C16H21NOS. The lowest BCUT2D eigenvalue weighted by molar-refractivity contribution is 0.526. The molecule has 2 aromatic rings. The second kappa shape index (κ2) is 6.31. The Hall–Kier alpha value is -1.19. The zero-order valence-corrected chi connectivity index (χ0v) is 12.5. The summed E-state index contributed by atoms with van der Waals surface area (Å²) >= 11 is 1.79. The van der Waals surface area contributed by atoms with Gasteiger partial charge in [0.2, 0.25) is 0 Å². The highest BCUT2D eigenvalue weighted by Gasteiger charge is 2.21. The minimum Gasteiger partial charge on any atom is -0.468 e. The number of hydrogen-bond acceptors (Lipinski definition) is 3. The molecular weight excluding hydrogens is 254 g/mol. The molecule has 0 saturated heterocycles. The average molecular weight is 275 g/mol. The van der Waals surface area contributed by atoms with Gasteiger partial charge in [-0.3, -0.25) is 0 Å². The lowest BCUT2D eigenvalue weighted by atomic mass is 10.0. The summed E-state index contributed by atoms with van der Waals surface area (Å²) in [6, 6.07) is 10.8. The Morgan fingerprint density at radius 3 is 2.37 bits per heavy atom. The van der Waals surface area contributed by atoms with Crippen molar-refractivity contribution >= 4 is 11.8 Å². The van der Waals surface area contributed by atoms with Crippen LogP contribution in [0.3, 0.4) is 0 Å². The first-order valence-corrected chi connectivity index (χ1v) is 7.52. The second-order valence-electron chi connectivity index (χ2n) is 4.86. The van der Waals surface area contributed by atoms with E-state index < -0.39 is 0 Å². The molecule has 2 N–H and O–H groups in total. The first kappa shape index (κ1) is 14.2. The van der Waals surface area contributed by atoms with Gasteiger partial charge in [-0.05, 0) is 31.9 Å². The maximum absolute atomic E-state index is 6.30. The number of benzene rings is 1. The van der Waals surface area contributed by atoms with E-state index in [4.69, 9.17) is 10.2 Å². The lowest BCUT2D eigenvalue weighted by Crippen LogP contribution is -2.25. The van der Waals surface area contributed by atoms with Gasteiger partial charge in [-0.2, -0.15) is 0 Å². The van der Waals surface area contributed by atoms with E-state index >= 15 is 0 Å². The van der Waals surface area contributed by atoms with Crippen LogP contribution in [0.4, 0.5) is 0 Å². The van der Waals surface area contributed by atoms with Crippen molar-refractivity contribution in [2.75, 3.05) is 0 Å². The zero-order valence-electron chi connectivity index (χ0n) is 11.7.